The maximum absolute atomic E-state index is 14.2. The third kappa shape index (κ3) is 6.80. The van der Waals surface area contributed by atoms with Crippen molar-refractivity contribution in [3.8, 4) is 17.1 Å². The highest BCUT2D eigenvalue weighted by Gasteiger charge is 2.35. The fourth-order valence-corrected chi connectivity index (χ4v) is 7.13. The van der Waals surface area contributed by atoms with Crippen LogP contribution in [0.1, 0.15) is 80.2 Å². The number of hydrogen-bond acceptors (Lipinski definition) is 7. The molecule has 2 aliphatic rings. The van der Waals surface area contributed by atoms with Gasteiger partial charge >= 0.3 is 0 Å². The van der Waals surface area contributed by atoms with E-state index >= 15 is 0 Å². The van der Waals surface area contributed by atoms with Crippen molar-refractivity contribution in [2.75, 3.05) is 12.0 Å². The standard InChI is InChI=1S/C33H38N6O3S/c1-42-28-19-15-25(16-20-28)32-35-37-38(36-32)22-30(40)39(27-17-13-24(14-18-27)23-8-3-2-4-9-23)31(29-12-7-21-43-29)33(41)34-26-10-5-6-11-26/h7,12-21,23,26,31H,2-6,8-11,22H2,1H3,(H,34,41)/t31-/m1/s1. The molecule has 4 aromatic rings. The van der Waals surface area contributed by atoms with Crippen LogP contribution in [-0.4, -0.2) is 45.2 Å². The third-order valence-corrected chi connectivity index (χ3v) is 9.54. The molecule has 0 saturated heterocycles. The number of benzene rings is 2. The van der Waals surface area contributed by atoms with Crippen LogP contribution in [0.5, 0.6) is 5.75 Å². The SMILES string of the molecule is COc1ccc(-c2nnn(CC(=O)N(c3ccc(C4CCCCC4)cc3)[C@@H](C(=O)NC3CCCC3)c3cccs3)n2)cc1. The van der Waals surface area contributed by atoms with Crippen molar-refractivity contribution >= 4 is 28.8 Å². The molecule has 2 saturated carbocycles. The van der Waals surface area contributed by atoms with E-state index in [-0.39, 0.29) is 24.4 Å². The normalized spacial score (nSPS) is 16.6. The van der Waals surface area contributed by atoms with Gasteiger partial charge in [-0.05, 0) is 90.2 Å². The molecular weight excluding hydrogens is 560 g/mol. The van der Waals surface area contributed by atoms with Gasteiger partial charge in [-0.1, -0.05) is 50.3 Å². The number of amides is 2. The van der Waals surface area contributed by atoms with Crippen LogP contribution in [0.15, 0.2) is 66.0 Å². The molecule has 2 aromatic carbocycles. The summed E-state index contributed by atoms with van der Waals surface area (Å²) in [6.45, 7) is -0.161. The number of aromatic nitrogens is 4. The Morgan fingerprint density at radius 3 is 2.37 bits per heavy atom. The Hall–Kier alpha value is -4.05. The number of carbonyl (C=O) groups is 2. The van der Waals surface area contributed by atoms with Gasteiger partial charge in [-0.15, -0.1) is 21.5 Å². The quantitative estimate of drug-likeness (QED) is 0.230. The summed E-state index contributed by atoms with van der Waals surface area (Å²) in [5.41, 5.74) is 2.74. The van der Waals surface area contributed by atoms with E-state index in [0.29, 0.717) is 17.4 Å². The Bertz CT molecular complexity index is 1490. The van der Waals surface area contributed by atoms with Crippen molar-refractivity contribution in [1.82, 2.24) is 25.5 Å². The number of hydrogen-bond donors (Lipinski definition) is 1. The number of methoxy groups -OCH3 is 1. The lowest BCUT2D eigenvalue weighted by molar-refractivity contribution is -0.127. The molecule has 0 aliphatic heterocycles. The third-order valence-electron chi connectivity index (χ3n) is 8.62. The predicted molar refractivity (Wildman–Crippen MR) is 167 cm³/mol. The first-order valence-corrected chi connectivity index (χ1v) is 16.1. The van der Waals surface area contributed by atoms with Gasteiger partial charge in [0.1, 0.15) is 18.3 Å². The van der Waals surface area contributed by atoms with E-state index < -0.39 is 6.04 Å². The van der Waals surface area contributed by atoms with Crippen LogP contribution in [0.3, 0.4) is 0 Å². The molecular formula is C33H38N6O3S. The van der Waals surface area contributed by atoms with Crippen molar-refractivity contribution in [3.63, 3.8) is 0 Å². The fraction of sp³-hybridized carbons (Fsp3) is 0.424. The molecule has 1 N–H and O–H groups in total. The summed E-state index contributed by atoms with van der Waals surface area (Å²) in [5.74, 6) is 1.23. The Morgan fingerprint density at radius 1 is 0.977 bits per heavy atom. The minimum Gasteiger partial charge on any atom is -0.497 e. The van der Waals surface area contributed by atoms with E-state index in [0.717, 1.165) is 41.9 Å². The molecule has 0 unspecified atom stereocenters. The second-order valence-corrected chi connectivity index (χ2v) is 12.4. The predicted octanol–water partition coefficient (Wildman–Crippen LogP) is 6.29. The highest BCUT2D eigenvalue weighted by Crippen LogP contribution is 2.36. The number of rotatable bonds is 10. The van der Waals surface area contributed by atoms with Crippen LogP contribution < -0.4 is 15.0 Å². The van der Waals surface area contributed by atoms with Gasteiger partial charge in [0, 0.05) is 22.2 Å². The first kappa shape index (κ1) is 29.0. The van der Waals surface area contributed by atoms with Crippen LogP contribution in [0.4, 0.5) is 5.69 Å². The lowest BCUT2D eigenvalue weighted by Crippen LogP contribution is -2.47. The number of ether oxygens (including phenoxy) is 1. The van der Waals surface area contributed by atoms with Gasteiger partial charge in [-0.3, -0.25) is 14.5 Å². The lowest BCUT2D eigenvalue weighted by Gasteiger charge is -2.32. The van der Waals surface area contributed by atoms with E-state index in [9.17, 15) is 9.59 Å². The molecule has 2 aliphatic carbocycles. The molecule has 1 atom stereocenters. The minimum atomic E-state index is -0.807. The number of thiophene rings is 1. The van der Waals surface area contributed by atoms with Crippen LogP contribution in [-0.2, 0) is 16.1 Å². The molecule has 0 bridgehead atoms. The van der Waals surface area contributed by atoms with Crippen LogP contribution in [0.25, 0.3) is 11.4 Å². The van der Waals surface area contributed by atoms with Crippen molar-refractivity contribution < 1.29 is 14.3 Å². The van der Waals surface area contributed by atoms with Gasteiger partial charge in [0.2, 0.25) is 11.7 Å². The summed E-state index contributed by atoms with van der Waals surface area (Å²) < 4.78 is 5.24. The number of nitrogens with one attached hydrogen (secondary N) is 1. The van der Waals surface area contributed by atoms with Crippen LogP contribution in [0, 0.1) is 0 Å². The molecule has 0 spiro atoms. The fourth-order valence-electron chi connectivity index (χ4n) is 6.31. The van der Waals surface area contributed by atoms with E-state index in [2.05, 4.69) is 32.9 Å². The Balaban J connectivity index is 1.31. The number of anilines is 1. The Labute approximate surface area is 256 Å². The number of nitrogens with zero attached hydrogens (tertiary/aromatic N) is 5. The first-order valence-electron chi connectivity index (χ1n) is 15.3. The van der Waals surface area contributed by atoms with Crippen molar-refractivity contribution in [2.45, 2.75) is 82.3 Å². The Morgan fingerprint density at radius 2 is 1.70 bits per heavy atom. The molecule has 10 heteroatoms. The van der Waals surface area contributed by atoms with Gasteiger partial charge in [0.05, 0.1) is 7.11 Å². The molecule has 6 rings (SSSR count). The lowest BCUT2D eigenvalue weighted by atomic mass is 9.84. The van der Waals surface area contributed by atoms with E-state index in [1.54, 1.807) is 12.0 Å². The molecule has 2 heterocycles. The number of tetrazole rings is 1. The maximum atomic E-state index is 14.2. The van der Waals surface area contributed by atoms with Gasteiger partial charge in [0.25, 0.3) is 5.91 Å². The van der Waals surface area contributed by atoms with Gasteiger partial charge < -0.3 is 10.1 Å². The highest BCUT2D eigenvalue weighted by atomic mass is 32.1. The zero-order valence-corrected chi connectivity index (χ0v) is 25.3. The molecule has 43 heavy (non-hydrogen) atoms. The molecule has 0 radical (unpaired) electrons. The average Bonchev–Trinajstić information content (AvgIpc) is 3.85. The van der Waals surface area contributed by atoms with Crippen LogP contribution in [0.2, 0.25) is 0 Å². The zero-order valence-electron chi connectivity index (χ0n) is 24.5. The second-order valence-electron chi connectivity index (χ2n) is 11.5. The summed E-state index contributed by atoms with van der Waals surface area (Å²) >= 11 is 1.48. The summed E-state index contributed by atoms with van der Waals surface area (Å²) in [4.78, 5) is 31.9. The largest absolute Gasteiger partial charge is 0.497 e. The monoisotopic (exact) mass is 598 g/mol. The van der Waals surface area contributed by atoms with E-state index in [4.69, 9.17) is 4.74 Å². The van der Waals surface area contributed by atoms with Crippen molar-refractivity contribution in [2.24, 2.45) is 0 Å². The molecule has 224 valence electrons. The summed E-state index contributed by atoms with van der Waals surface area (Å²) in [5, 5.41) is 18.0. The molecule has 9 nitrogen and oxygen atoms in total. The van der Waals surface area contributed by atoms with Gasteiger partial charge in [0.15, 0.2) is 0 Å². The van der Waals surface area contributed by atoms with Crippen LogP contribution >= 0.6 is 11.3 Å². The minimum absolute atomic E-state index is 0.129. The van der Waals surface area contributed by atoms with Crippen molar-refractivity contribution in [3.05, 3.63) is 76.5 Å². The molecule has 2 aromatic heterocycles. The second kappa shape index (κ2) is 13.5. The van der Waals surface area contributed by atoms with E-state index in [1.165, 1.54) is 53.8 Å². The van der Waals surface area contributed by atoms with Gasteiger partial charge in [-0.25, -0.2) is 0 Å². The Kier molecular flexibility index (Phi) is 9.12. The first-order chi connectivity index (χ1) is 21.1. The van der Waals surface area contributed by atoms with Crippen molar-refractivity contribution in [1.29, 1.82) is 0 Å². The summed E-state index contributed by atoms with van der Waals surface area (Å²) in [6.07, 6.45) is 10.3. The smallest absolute Gasteiger partial charge is 0.251 e. The molecule has 2 fully saturated rings. The number of carbonyl (C=O) groups excluding carboxylic acids is 2. The van der Waals surface area contributed by atoms with Gasteiger partial charge in [-0.2, -0.15) is 4.80 Å². The zero-order chi connectivity index (χ0) is 29.6. The summed E-state index contributed by atoms with van der Waals surface area (Å²) in [6, 6.07) is 18.8. The highest BCUT2D eigenvalue weighted by molar-refractivity contribution is 7.10. The maximum Gasteiger partial charge on any atom is 0.251 e. The molecule has 2 amide bonds. The summed E-state index contributed by atoms with van der Waals surface area (Å²) in [7, 11) is 1.61. The topological polar surface area (TPSA) is 102 Å². The average molecular weight is 599 g/mol. The van der Waals surface area contributed by atoms with E-state index in [1.807, 2.05) is 53.9 Å².